The summed E-state index contributed by atoms with van der Waals surface area (Å²) in [7, 11) is 0. The SMILES string of the molecule is CC(C)(C)OC(=O)N1CCN(C(=O)c2ccc(C#N)cc2F)C(CCO)C1. The summed E-state index contributed by atoms with van der Waals surface area (Å²) in [5.74, 6) is -1.30. The fraction of sp³-hybridized carbons (Fsp3) is 0.526. The Balaban J connectivity index is 2.17. The van der Waals surface area contributed by atoms with Crippen LogP contribution in [0.15, 0.2) is 18.2 Å². The Morgan fingerprint density at radius 3 is 2.63 bits per heavy atom. The molecule has 2 rings (SSSR count). The van der Waals surface area contributed by atoms with Crippen LogP contribution < -0.4 is 0 Å². The Morgan fingerprint density at radius 1 is 1.37 bits per heavy atom. The normalized spacial score (nSPS) is 17.4. The molecule has 8 heteroatoms. The lowest BCUT2D eigenvalue weighted by Crippen LogP contribution is -2.57. The predicted octanol–water partition coefficient (Wildman–Crippen LogP) is 2.14. The van der Waals surface area contributed by atoms with Gasteiger partial charge in [0.25, 0.3) is 5.91 Å². The second kappa shape index (κ2) is 8.35. The van der Waals surface area contributed by atoms with Crippen molar-refractivity contribution in [2.75, 3.05) is 26.2 Å². The predicted molar refractivity (Wildman–Crippen MR) is 95.4 cm³/mol. The first-order valence-electron chi connectivity index (χ1n) is 8.75. The molecule has 1 aromatic carbocycles. The molecule has 1 N–H and O–H groups in total. The van der Waals surface area contributed by atoms with E-state index in [9.17, 15) is 19.1 Å². The van der Waals surface area contributed by atoms with Crippen LogP contribution in [0.5, 0.6) is 0 Å². The summed E-state index contributed by atoms with van der Waals surface area (Å²) in [6.45, 7) is 5.77. The highest BCUT2D eigenvalue weighted by Crippen LogP contribution is 2.21. The van der Waals surface area contributed by atoms with E-state index < -0.39 is 29.5 Å². The first kappa shape index (κ1) is 20.6. The maximum absolute atomic E-state index is 14.2. The molecular formula is C19H24FN3O4. The fourth-order valence-corrected chi connectivity index (χ4v) is 2.92. The van der Waals surface area contributed by atoms with Crippen LogP contribution in [0.1, 0.15) is 43.1 Å². The number of nitriles is 1. The van der Waals surface area contributed by atoms with Crippen LogP contribution in [0.25, 0.3) is 0 Å². The van der Waals surface area contributed by atoms with Crippen molar-refractivity contribution in [2.45, 2.75) is 38.8 Å². The van der Waals surface area contributed by atoms with E-state index >= 15 is 0 Å². The third-order valence-electron chi connectivity index (χ3n) is 4.19. The highest BCUT2D eigenvalue weighted by Gasteiger charge is 2.35. The second-order valence-corrected chi connectivity index (χ2v) is 7.40. The van der Waals surface area contributed by atoms with Crippen molar-refractivity contribution < 1.29 is 23.8 Å². The lowest BCUT2D eigenvalue weighted by atomic mass is 10.1. The van der Waals surface area contributed by atoms with Gasteiger partial charge in [-0.25, -0.2) is 9.18 Å². The van der Waals surface area contributed by atoms with E-state index in [4.69, 9.17) is 10.00 Å². The minimum atomic E-state index is -0.767. The summed E-state index contributed by atoms with van der Waals surface area (Å²) in [5, 5.41) is 18.2. The number of amides is 2. The Kier molecular flexibility index (Phi) is 6.39. The molecule has 0 aromatic heterocycles. The van der Waals surface area contributed by atoms with Gasteiger partial charge in [0.15, 0.2) is 0 Å². The zero-order valence-electron chi connectivity index (χ0n) is 15.7. The van der Waals surface area contributed by atoms with Crippen LogP contribution in [0, 0.1) is 17.1 Å². The Morgan fingerprint density at radius 2 is 2.07 bits per heavy atom. The molecular weight excluding hydrogens is 353 g/mol. The molecule has 1 atom stereocenters. The molecule has 1 heterocycles. The molecule has 1 aliphatic rings. The third kappa shape index (κ3) is 5.17. The van der Waals surface area contributed by atoms with Crippen LogP contribution in [0.2, 0.25) is 0 Å². The molecule has 146 valence electrons. The molecule has 0 spiro atoms. The highest BCUT2D eigenvalue weighted by atomic mass is 19.1. The molecule has 1 aliphatic heterocycles. The molecule has 1 fully saturated rings. The quantitative estimate of drug-likeness (QED) is 0.871. The number of rotatable bonds is 3. The van der Waals surface area contributed by atoms with Gasteiger partial charge < -0.3 is 19.6 Å². The number of carbonyl (C=O) groups is 2. The van der Waals surface area contributed by atoms with Gasteiger partial charge >= 0.3 is 6.09 Å². The number of hydrogen-bond donors (Lipinski definition) is 1. The zero-order chi connectivity index (χ0) is 20.2. The third-order valence-corrected chi connectivity index (χ3v) is 4.19. The smallest absolute Gasteiger partial charge is 0.410 e. The van der Waals surface area contributed by atoms with Crippen LogP contribution in [-0.4, -0.2) is 64.8 Å². The van der Waals surface area contributed by atoms with E-state index in [1.54, 1.807) is 20.8 Å². The van der Waals surface area contributed by atoms with Crippen molar-refractivity contribution in [1.82, 2.24) is 9.80 Å². The molecule has 0 aliphatic carbocycles. The zero-order valence-corrected chi connectivity index (χ0v) is 15.7. The first-order chi connectivity index (χ1) is 12.7. The van der Waals surface area contributed by atoms with E-state index in [1.165, 1.54) is 21.9 Å². The number of hydrogen-bond acceptors (Lipinski definition) is 5. The number of nitrogens with zero attached hydrogens (tertiary/aromatic N) is 3. The van der Waals surface area contributed by atoms with Crippen molar-refractivity contribution in [3.63, 3.8) is 0 Å². The van der Waals surface area contributed by atoms with Gasteiger partial charge in [-0.2, -0.15) is 5.26 Å². The Labute approximate surface area is 157 Å². The van der Waals surface area contributed by atoms with Gasteiger partial charge in [-0.3, -0.25) is 4.79 Å². The topological polar surface area (TPSA) is 93.9 Å². The minimum absolute atomic E-state index is 0.130. The molecule has 0 bridgehead atoms. The molecule has 7 nitrogen and oxygen atoms in total. The Bertz CT molecular complexity index is 754. The standard InChI is InChI=1S/C19H24FN3O4/c1-19(2,3)27-18(26)22-7-8-23(14(12-22)6-9-24)17(25)15-5-4-13(11-21)10-16(15)20/h4-5,10,14,24H,6-9,12H2,1-3H3. The molecule has 1 aromatic rings. The monoisotopic (exact) mass is 377 g/mol. The van der Waals surface area contributed by atoms with Crippen molar-refractivity contribution in [1.29, 1.82) is 5.26 Å². The van der Waals surface area contributed by atoms with Gasteiger partial charge in [0, 0.05) is 26.2 Å². The lowest BCUT2D eigenvalue weighted by Gasteiger charge is -2.41. The molecule has 0 radical (unpaired) electrons. The number of carbonyl (C=O) groups excluding carboxylic acids is 2. The van der Waals surface area contributed by atoms with E-state index in [1.807, 2.05) is 6.07 Å². The van der Waals surface area contributed by atoms with Crippen LogP contribution >= 0.6 is 0 Å². The molecule has 0 saturated carbocycles. The number of benzene rings is 1. The summed E-state index contributed by atoms with van der Waals surface area (Å²) in [6.07, 6.45) is -0.231. The van der Waals surface area contributed by atoms with E-state index in [0.717, 1.165) is 6.07 Å². The first-order valence-corrected chi connectivity index (χ1v) is 8.75. The minimum Gasteiger partial charge on any atom is -0.444 e. The number of aliphatic hydroxyl groups is 1. The number of halogens is 1. The maximum atomic E-state index is 14.2. The lowest BCUT2D eigenvalue weighted by molar-refractivity contribution is 0.00167. The van der Waals surface area contributed by atoms with Crippen molar-refractivity contribution in [3.05, 3.63) is 35.1 Å². The summed E-state index contributed by atoms with van der Waals surface area (Å²) in [5.41, 5.74) is -0.643. The summed E-state index contributed by atoms with van der Waals surface area (Å²) >= 11 is 0. The summed E-state index contributed by atoms with van der Waals surface area (Å²) in [6, 6.07) is 5.05. The van der Waals surface area contributed by atoms with Crippen molar-refractivity contribution in [3.8, 4) is 6.07 Å². The van der Waals surface area contributed by atoms with Gasteiger partial charge in [-0.05, 0) is 45.4 Å². The van der Waals surface area contributed by atoms with E-state index in [-0.39, 0.29) is 43.8 Å². The van der Waals surface area contributed by atoms with E-state index in [2.05, 4.69) is 0 Å². The second-order valence-electron chi connectivity index (χ2n) is 7.40. The van der Waals surface area contributed by atoms with Gasteiger partial charge in [0.1, 0.15) is 11.4 Å². The highest BCUT2D eigenvalue weighted by molar-refractivity contribution is 5.95. The van der Waals surface area contributed by atoms with Gasteiger partial charge in [-0.15, -0.1) is 0 Å². The Hall–Kier alpha value is -2.66. The number of ether oxygens (including phenoxy) is 1. The maximum Gasteiger partial charge on any atom is 0.410 e. The molecule has 27 heavy (non-hydrogen) atoms. The van der Waals surface area contributed by atoms with Crippen molar-refractivity contribution in [2.24, 2.45) is 0 Å². The van der Waals surface area contributed by atoms with E-state index in [0.29, 0.717) is 0 Å². The molecule has 2 amide bonds. The molecule has 1 unspecified atom stereocenters. The van der Waals surface area contributed by atoms with Crippen molar-refractivity contribution >= 4 is 12.0 Å². The van der Waals surface area contributed by atoms with Crippen LogP contribution in [-0.2, 0) is 4.74 Å². The van der Waals surface area contributed by atoms with Gasteiger partial charge in [-0.1, -0.05) is 0 Å². The average Bonchev–Trinajstić information content (AvgIpc) is 2.59. The molecule has 1 saturated heterocycles. The summed E-state index contributed by atoms with van der Waals surface area (Å²) in [4.78, 5) is 28.0. The fourth-order valence-electron chi connectivity index (χ4n) is 2.92. The average molecular weight is 377 g/mol. The largest absolute Gasteiger partial charge is 0.444 e. The van der Waals surface area contributed by atoms with Crippen LogP contribution in [0.4, 0.5) is 9.18 Å². The van der Waals surface area contributed by atoms with Gasteiger partial charge in [0.05, 0.1) is 23.2 Å². The van der Waals surface area contributed by atoms with Crippen LogP contribution in [0.3, 0.4) is 0 Å². The van der Waals surface area contributed by atoms with Gasteiger partial charge in [0.2, 0.25) is 0 Å². The summed E-state index contributed by atoms with van der Waals surface area (Å²) < 4.78 is 19.6. The number of piperazine rings is 1. The number of aliphatic hydroxyl groups excluding tert-OH is 1.